The molecule has 0 aliphatic heterocycles. The van der Waals surface area contributed by atoms with Crippen molar-refractivity contribution in [2.75, 3.05) is 0 Å². The van der Waals surface area contributed by atoms with Crippen molar-refractivity contribution in [3.05, 3.63) is 0 Å². The zero-order valence-electron chi connectivity index (χ0n) is 4.79. The number of hydrogen-bond acceptors (Lipinski definition) is 8. The maximum atomic E-state index is 8.52. The second-order valence-corrected chi connectivity index (χ2v) is 2.45. The Bertz CT molecular complexity index is 208. The van der Waals surface area contributed by atoms with Gasteiger partial charge in [-0.25, -0.2) is 0 Å². The van der Waals surface area contributed by atoms with Gasteiger partial charge >= 0.3 is 19.5 Å². The number of rotatable bonds is 0. The summed E-state index contributed by atoms with van der Waals surface area (Å²) in [6.45, 7) is 0. The molecule has 0 radical (unpaired) electrons. The van der Waals surface area contributed by atoms with Gasteiger partial charge in [0, 0.05) is 20.8 Å². The van der Waals surface area contributed by atoms with Crippen LogP contribution in [-0.4, -0.2) is 35.0 Å². The Morgan fingerprint density at radius 1 is 0.636 bits per heavy atom. The van der Waals surface area contributed by atoms with Gasteiger partial charge in [-0.05, 0) is 0 Å². The molecule has 0 N–H and O–H groups in total. The summed E-state index contributed by atoms with van der Waals surface area (Å²) < 4.78 is 68.2. The van der Waals surface area contributed by atoms with Gasteiger partial charge in [-0.15, -0.1) is 0 Å². The van der Waals surface area contributed by atoms with E-state index in [0.717, 1.165) is 0 Å². The molecule has 0 spiro atoms. The standard InChI is InChI=1S/2H2O4S.Zn/c2*1-5(2,3)4;/h2*(H2,1,2,3,4);/q;;+4/p-4. The van der Waals surface area contributed by atoms with Gasteiger partial charge in [0.05, 0.1) is 0 Å². The van der Waals surface area contributed by atoms with Crippen molar-refractivity contribution >= 4 is 20.8 Å². The van der Waals surface area contributed by atoms with Crippen LogP contribution in [0.3, 0.4) is 0 Å². The summed E-state index contributed by atoms with van der Waals surface area (Å²) in [6.07, 6.45) is 0. The van der Waals surface area contributed by atoms with Gasteiger partial charge in [-0.2, -0.15) is 0 Å². The molecule has 62 valence electrons. The Balaban J connectivity index is -0.000000107. The summed E-state index contributed by atoms with van der Waals surface area (Å²) in [5, 5.41) is 0. The first kappa shape index (κ1) is 17.4. The van der Waals surface area contributed by atoms with Gasteiger partial charge in [0.2, 0.25) is 0 Å². The Hall–Kier alpha value is 0.363. The van der Waals surface area contributed by atoms with E-state index in [4.69, 9.17) is 35.0 Å². The molecule has 0 aliphatic carbocycles. The zero-order valence-corrected chi connectivity index (χ0v) is 9.39. The summed E-state index contributed by atoms with van der Waals surface area (Å²) >= 11 is 0. The van der Waals surface area contributed by atoms with Gasteiger partial charge < -0.3 is 18.2 Å². The van der Waals surface area contributed by atoms with Crippen LogP contribution in [0.1, 0.15) is 0 Å². The minimum atomic E-state index is -5.17. The first-order valence-electron chi connectivity index (χ1n) is 1.33. The summed E-state index contributed by atoms with van der Waals surface area (Å²) in [7, 11) is -10.3. The second-order valence-electron chi connectivity index (χ2n) is 0.816. The Kier molecular flexibility index (Phi) is 9.43. The minimum absolute atomic E-state index is 0. The summed E-state index contributed by atoms with van der Waals surface area (Å²) in [4.78, 5) is 0. The molecule has 0 atom stereocenters. The van der Waals surface area contributed by atoms with E-state index in [2.05, 4.69) is 0 Å². The molecule has 0 aromatic rings. The van der Waals surface area contributed by atoms with Crippen molar-refractivity contribution in [1.29, 1.82) is 0 Å². The van der Waals surface area contributed by atoms with E-state index in [0.29, 0.717) is 0 Å². The molecule has 0 aromatic carbocycles. The first-order chi connectivity index (χ1) is 4.00. The van der Waals surface area contributed by atoms with Gasteiger partial charge in [-0.3, -0.25) is 16.8 Å². The molecule has 11 heavy (non-hydrogen) atoms. The van der Waals surface area contributed by atoms with Crippen LogP contribution in [0.15, 0.2) is 0 Å². The average Bonchev–Trinajstić information content (AvgIpc) is 1.12. The topological polar surface area (TPSA) is 161 Å². The third kappa shape index (κ3) is 5490. The van der Waals surface area contributed by atoms with Gasteiger partial charge in [0.1, 0.15) is 0 Å². The Labute approximate surface area is 75.5 Å². The zero-order chi connectivity index (χ0) is 9.00. The monoisotopic (exact) mass is 256 g/mol. The quantitative estimate of drug-likeness (QED) is 0.258. The average molecular weight is 258 g/mol. The molecule has 0 bridgehead atoms. The van der Waals surface area contributed by atoms with Gasteiger partial charge in [0.25, 0.3) is 0 Å². The van der Waals surface area contributed by atoms with Crippen LogP contribution in [-0.2, 0) is 40.3 Å². The molecular weight excluding hydrogens is 258 g/mol. The molecule has 0 saturated carbocycles. The van der Waals surface area contributed by atoms with Crippen LogP contribution < -0.4 is 0 Å². The van der Waals surface area contributed by atoms with Crippen LogP contribution in [0.4, 0.5) is 0 Å². The van der Waals surface area contributed by atoms with Crippen molar-refractivity contribution < 1.29 is 54.5 Å². The molecule has 11 heteroatoms. The normalized spacial score (nSPS) is 10.5. The summed E-state index contributed by atoms with van der Waals surface area (Å²) in [5.74, 6) is 0. The van der Waals surface area contributed by atoms with Crippen LogP contribution >= 0.6 is 0 Å². The summed E-state index contributed by atoms with van der Waals surface area (Å²) in [5.41, 5.74) is 0. The Morgan fingerprint density at radius 2 is 0.636 bits per heavy atom. The molecule has 0 rings (SSSR count). The van der Waals surface area contributed by atoms with Crippen molar-refractivity contribution in [2.45, 2.75) is 0 Å². The van der Waals surface area contributed by atoms with E-state index < -0.39 is 20.8 Å². The Morgan fingerprint density at radius 3 is 0.636 bits per heavy atom. The van der Waals surface area contributed by atoms with Crippen molar-refractivity contribution in [3.63, 3.8) is 0 Å². The van der Waals surface area contributed by atoms with E-state index in [1.807, 2.05) is 0 Å². The van der Waals surface area contributed by atoms with Crippen molar-refractivity contribution in [1.82, 2.24) is 0 Å². The third-order valence-electron chi connectivity index (χ3n) is 0. The molecule has 0 unspecified atom stereocenters. The van der Waals surface area contributed by atoms with Crippen LogP contribution in [0.2, 0.25) is 0 Å². The predicted molar refractivity (Wildman–Crippen MR) is 20.9 cm³/mol. The van der Waals surface area contributed by atoms with Crippen LogP contribution in [0.5, 0.6) is 0 Å². The first-order valence-corrected chi connectivity index (χ1v) is 4.00. The predicted octanol–water partition coefficient (Wildman–Crippen LogP) is -2.68. The molecule has 8 nitrogen and oxygen atoms in total. The van der Waals surface area contributed by atoms with Gasteiger partial charge in [0.15, 0.2) is 0 Å². The second kappa shape index (κ2) is 5.94. The van der Waals surface area contributed by atoms with Crippen LogP contribution in [0, 0.1) is 0 Å². The fraction of sp³-hybridized carbons (Fsp3) is 0. The fourth-order valence-corrected chi connectivity index (χ4v) is 0. The largest absolute Gasteiger partial charge is 4.00 e. The molecular formula is O8S2Zn. The van der Waals surface area contributed by atoms with E-state index >= 15 is 0 Å². The van der Waals surface area contributed by atoms with E-state index in [-0.39, 0.29) is 19.5 Å². The maximum absolute atomic E-state index is 8.52. The van der Waals surface area contributed by atoms with E-state index in [1.165, 1.54) is 0 Å². The fourth-order valence-electron chi connectivity index (χ4n) is 0. The van der Waals surface area contributed by atoms with Crippen LogP contribution in [0.25, 0.3) is 0 Å². The SMILES string of the molecule is O=S(=O)([O-])[O-].O=S(=O)([O-])[O-].[Zn+4]. The minimum Gasteiger partial charge on any atom is -0.759 e. The molecule has 0 heterocycles. The van der Waals surface area contributed by atoms with Crippen molar-refractivity contribution in [3.8, 4) is 0 Å². The molecule has 0 fully saturated rings. The van der Waals surface area contributed by atoms with Gasteiger partial charge in [-0.1, -0.05) is 0 Å². The molecule has 0 saturated heterocycles. The summed E-state index contributed by atoms with van der Waals surface area (Å²) in [6, 6.07) is 0. The smallest absolute Gasteiger partial charge is 0.759 e. The molecule has 0 amide bonds. The van der Waals surface area contributed by atoms with E-state index in [9.17, 15) is 0 Å². The molecule has 0 aliphatic rings. The van der Waals surface area contributed by atoms with E-state index in [1.54, 1.807) is 0 Å². The van der Waals surface area contributed by atoms with Crippen molar-refractivity contribution in [2.24, 2.45) is 0 Å². The maximum Gasteiger partial charge on any atom is 4.00 e. The number of hydrogen-bond donors (Lipinski definition) is 0. The molecule has 0 aromatic heterocycles. The third-order valence-corrected chi connectivity index (χ3v) is 0.